The van der Waals surface area contributed by atoms with Gasteiger partial charge in [0.2, 0.25) is 0 Å². The number of aromatic nitrogens is 2. The average Bonchev–Trinajstić information content (AvgIpc) is 2.44. The molecule has 0 amide bonds. The zero-order valence-electron chi connectivity index (χ0n) is 10.7. The zero-order chi connectivity index (χ0) is 14.7. The summed E-state index contributed by atoms with van der Waals surface area (Å²) in [6, 6.07) is 4.72. The molecule has 0 saturated carbocycles. The first kappa shape index (κ1) is 15.2. The Bertz CT molecular complexity index is 688. The van der Waals surface area contributed by atoms with Crippen molar-refractivity contribution < 1.29 is 4.39 Å². The standard InChI is InChI=1S/C13H12Br2FN3O/c1-2-19-13(20)12(15)11(7-18-19)17-6-8-5-9(14)3-4-10(8)16/h3-5,7,17H,2,6H2,1H3. The fourth-order valence-electron chi connectivity index (χ4n) is 1.68. The van der Waals surface area contributed by atoms with Crippen LogP contribution in [0.2, 0.25) is 0 Å². The van der Waals surface area contributed by atoms with Crippen LogP contribution in [-0.4, -0.2) is 9.78 Å². The molecule has 0 radical (unpaired) electrons. The van der Waals surface area contributed by atoms with Gasteiger partial charge in [0, 0.05) is 23.1 Å². The van der Waals surface area contributed by atoms with Crippen LogP contribution < -0.4 is 10.9 Å². The van der Waals surface area contributed by atoms with Crippen molar-refractivity contribution in [3.05, 3.63) is 55.1 Å². The molecule has 20 heavy (non-hydrogen) atoms. The molecule has 0 saturated heterocycles. The van der Waals surface area contributed by atoms with E-state index in [-0.39, 0.29) is 17.9 Å². The molecule has 2 rings (SSSR count). The third-order valence-corrected chi connectivity index (χ3v) is 4.02. The summed E-state index contributed by atoms with van der Waals surface area (Å²) in [5.74, 6) is -0.299. The van der Waals surface area contributed by atoms with E-state index in [1.165, 1.54) is 10.7 Å². The number of anilines is 1. The first-order valence-corrected chi connectivity index (χ1v) is 7.55. The van der Waals surface area contributed by atoms with Gasteiger partial charge in [0.1, 0.15) is 10.3 Å². The minimum Gasteiger partial charge on any atom is -0.378 e. The summed E-state index contributed by atoms with van der Waals surface area (Å²) >= 11 is 6.54. The Morgan fingerprint density at radius 2 is 2.15 bits per heavy atom. The topological polar surface area (TPSA) is 46.9 Å². The predicted octanol–water partition coefficient (Wildman–Crippen LogP) is 3.54. The number of nitrogens with one attached hydrogen (secondary N) is 1. The van der Waals surface area contributed by atoms with Crippen LogP contribution in [0.25, 0.3) is 0 Å². The van der Waals surface area contributed by atoms with Crippen LogP contribution in [0, 0.1) is 5.82 Å². The molecule has 0 spiro atoms. The summed E-state index contributed by atoms with van der Waals surface area (Å²) in [6.45, 7) is 2.60. The van der Waals surface area contributed by atoms with E-state index in [1.54, 1.807) is 18.3 Å². The van der Waals surface area contributed by atoms with Crippen LogP contribution in [0.4, 0.5) is 10.1 Å². The van der Waals surface area contributed by atoms with Crippen molar-refractivity contribution in [1.82, 2.24) is 9.78 Å². The molecule has 106 valence electrons. The quantitative estimate of drug-likeness (QED) is 0.847. The Hall–Kier alpha value is -1.21. The van der Waals surface area contributed by atoms with Crippen LogP contribution >= 0.6 is 31.9 Å². The van der Waals surface area contributed by atoms with E-state index in [1.807, 2.05) is 6.92 Å². The third-order valence-electron chi connectivity index (χ3n) is 2.76. The van der Waals surface area contributed by atoms with Crippen molar-refractivity contribution in [3.8, 4) is 0 Å². The number of hydrogen-bond donors (Lipinski definition) is 1. The average molecular weight is 405 g/mol. The number of hydrogen-bond acceptors (Lipinski definition) is 3. The van der Waals surface area contributed by atoms with Gasteiger partial charge in [-0.25, -0.2) is 9.07 Å². The van der Waals surface area contributed by atoms with Gasteiger partial charge in [-0.2, -0.15) is 5.10 Å². The molecule has 1 aromatic carbocycles. The van der Waals surface area contributed by atoms with Crippen molar-refractivity contribution in [2.75, 3.05) is 5.32 Å². The van der Waals surface area contributed by atoms with Gasteiger partial charge in [0.25, 0.3) is 5.56 Å². The number of benzene rings is 1. The molecule has 0 unspecified atom stereocenters. The molecule has 0 atom stereocenters. The molecule has 0 aliphatic rings. The lowest BCUT2D eigenvalue weighted by atomic mass is 10.2. The second-order valence-corrected chi connectivity index (χ2v) is 5.79. The van der Waals surface area contributed by atoms with Crippen LogP contribution in [-0.2, 0) is 13.1 Å². The zero-order valence-corrected chi connectivity index (χ0v) is 13.8. The van der Waals surface area contributed by atoms with Crippen LogP contribution in [0.5, 0.6) is 0 Å². The van der Waals surface area contributed by atoms with Gasteiger partial charge in [-0.3, -0.25) is 4.79 Å². The van der Waals surface area contributed by atoms with E-state index in [4.69, 9.17) is 0 Å². The van der Waals surface area contributed by atoms with Crippen molar-refractivity contribution >= 4 is 37.5 Å². The lowest BCUT2D eigenvalue weighted by Crippen LogP contribution is -2.23. The number of nitrogens with zero attached hydrogens (tertiary/aromatic N) is 2. The summed E-state index contributed by atoms with van der Waals surface area (Å²) in [6.07, 6.45) is 1.55. The van der Waals surface area contributed by atoms with E-state index in [2.05, 4.69) is 42.3 Å². The van der Waals surface area contributed by atoms with E-state index >= 15 is 0 Å². The van der Waals surface area contributed by atoms with E-state index in [0.717, 1.165) is 4.47 Å². The Morgan fingerprint density at radius 3 is 2.85 bits per heavy atom. The summed E-state index contributed by atoms with van der Waals surface area (Å²) in [5, 5.41) is 7.02. The van der Waals surface area contributed by atoms with Gasteiger partial charge in [-0.05, 0) is 41.1 Å². The Balaban J connectivity index is 2.21. The second kappa shape index (κ2) is 6.49. The summed E-state index contributed by atoms with van der Waals surface area (Å²) in [4.78, 5) is 11.9. The molecular formula is C13H12Br2FN3O. The molecule has 0 aliphatic heterocycles. The normalized spacial score (nSPS) is 10.6. The van der Waals surface area contributed by atoms with Gasteiger partial charge < -0.3 is 5.32 Å². The molecule has 0 bridgehead atoms. The highest BCUT2D eigenvalue weighted by Crippen LogP contribution is 2.20. The SMILES string of the molecule is CCn1ncc(NCc2cc(Br)ccc2F)c(Br)c1=O. The minimum absolute atomic E-state index is 0.216. The molecule has 0 fully saturated rings. The summed E-state index contributed by atoms with van der Waals surface area (Å²) in [5.41, 5.74) is 0.831. The molecule has 7 heteroatoms. The molecule has 1 aromatic heterocycles. The molecule has 2 aromatic rings. The van der Waals surface area contributed by atoms with Gasteiger partial charge in [0.05, 0.1) is 11.9 Å². The minimum atomic E-state index is -0.299. The summed E-state index contributed by atoms with van der Waals surface area (Å²) in [7, 11) is 0. The Kier molecular flexibility index (Phi) is 4.93. The molecule has 0 aliphatic carbocycles. The van der Waals surface area contributed by atoms with E-state index < -0.39 is 0 Å². The fourth-order valence-corrected chi connectivity index (χ4v) is 2.54. The first-order chi connectivity index (χ1) is 9.52. The maximum atomic E-state index is 13.6. The van der Waals surface area contributed by atoms with Crippen LogP contribution in [0.15, 0.2) is 38.1 Å². The van der Waals surface area contributed by atoms with Gasteiger partial charge in [-0.15, -0.1) is 0 Å². The smallest absolute Gasteiger partial charge is 0.283 e. The maximum Gasteiger partial charge on any atom is 0.283 e. The van der Waals surface area contributed by atoms with E-state index in [9.17, 15) is 9.18 Å². The highest BCUT2D eigenvalue weighted by Gasteiger charge is 2.09. The Labute approximate surface area is 132 Å². The van der Waals surface area contributed by atoms with Gasteiger partial charge >= 0.3 is 0 Å². The van der Waals surface area contributed by atoms with Crippen molar-refractivity contribution in [2.24, 2.45) is 0 Å². The van der Waals surface area contributed by atoms with Gasteiger partial charge in [0.15, 0.2) is 0 Å². The highest BCUT2D eigenvalue weighted by atomic mass is 79.9. The van der Waals surface area contributed by atoms with Crippen molar-refractivity contribution in [3.63, 3.8) is 0 Å². The maximum absolute atomic E-state index is 13.6. The molecule has 1 N–H and O–H groups in total. The molecule has 1 heterocycles. The highest BCUT2D eigenvalue weighted by molar-refractivity contribution is 9.10. The van der Waals surface area contributed by atoms with Crippen LogP contribution in [0.1, 0.15) is 12.5 Å². The van der Waals surface area contributed by atoms with Crippen molar-refractivity contribution in [1.29, 1.82) is 0 Å². The predicted molar refractivity (Wildman–Crippen MR) is 83.3 cm³/mol. The monoisotopic (exact) mass is 403 g/mol. The number of aryl methyl sites for hydroxylation is 1. The van der Waals surface area contributed by atoms with Gasteiger partial charge in [-0.1, -0.05) is 15.9 Å². The van der Waals surface area contributed by atoms with E-state index in [0.29, 0.717) is 22.3 Å². The third kappa shape index (κ3) is 3.27. The molecular weight excluding hydrogens is 393 g/mol. The second-order valence-electron chi connectivity index (χ2n) is 4.08. The largest absolute Gasteiger partial charge is 0.378 e. The van der Waals surface area contributed by atoms with Crippen molar-refractivity contribution in [2.45, 2.75) is 20.0 Å². The Morgan fingerprint density at radius 1 is 1.40 bits per heavy atom. The van der Waals surface area contributed by atoms with Crippen LogP contribution in [0.3, 0.4) is 0 Å². The molecule has 4 nitrogen and oxygen atoms in total. The lowest BCUT2D eigenvalue weighted by molar-refractivity contribution is 0.609. The number of halogens is 3. The summed E-state index contributed by atoms with van der Waals surface area (Å²) < 4.78 is 16.2. The fraction of sp³-hybridized carbons (Fsp3) is 0.231. The lowest BCUT2D eigenvalue weighted by Gasteiger charge is -2.10. The number of rotatable bonds is 4. The first-order valence-electron chi connectivity index (χ1n) is 5.96.